The number of fused-ring (bicyclic) bond motifs is 1. The number of alkyl carbamates (subject to hydrolysis) is 1. The van der Waals surface area contributed by atoms with Crippen LogP contribution in [0.25, 0.3) is 21.4 Å². The monoisotopic (exact) mass is 488 g/mol. The van der Waals surface area contributed by atoms with Crippen molar-refractivity contribution >= 4 is 40.0 Å². The van der Waals surface area contributed by atoms with Gasteiger partial charge in [0.2, 0.25) is 0 Å². The molecule has 33 heavy (non-hydrogen) atoms. The molecular weight excluding hydrogens is 464 g/mol. The van der Waals surface area contributed by atoms with E-state index >= 15 is 0 Å². The molecule has 0 saturated heterocycles. The number of rotatable bonds is 5. The second kappa shape index (κ2) is 8.85. The minimum Gasteiger partial charge on any atom is -0.458 e. The number of hydrogen-bond donors (Lipinski definition) is 2. The van der Waals surface area contributed by atoms with Crippen molar-refractivity contribution in [2.24, 2.45) is 0 Å². The van der Waals surface area contributed by atoms with Gasteiger partial charge >= 0.3 is 6.09 Å². The van der Waals surface area contributed by atoms with E-state index in [1.807, 2.05) is 37.3 Å². The van der Waals surface area contributed by atoms with E-state index in [4.69, 9.17) is 25.3 Å². The minimum absolute atomic E-state index is 0.183. The van der Waals surface area contributed by atoms with E-state index in [0.717, 1.165) is 20.7 Å². The molecule has 3 heterocycles. The van der Waals surface area contributed by atoms with Crippen molar-refractivity contribution < 1.29 is 23.6 Å². The van der Waals surface area contributed by atoms with Gasteiger partial charge in [0.05, 0.1) is 22.8 Å². The molecule has 0 radical (unpaired) electrons. The molecule has 1 unspecified atom stereocenters. The lowest BCUT2D eigenvalue weighted by atomic mass is 10.1. The van der Waals surface area contributed by atoms with E-state index in [1.165, 1.54) is 11.3 Å². The number of ether oxygens (including phenoxy) is 1. The summed E-state index contributed by atoms with van der Waals surface area (Å²) in [5.74, 6) is 1.17. The van der Waals surface area contributed by atoms with Crippen molar-refractivity contribution in [2.75, 3.05) is 0 Å². The van der Waals surface area contributed by atoms with Crippen LogP contribution in [0.1, 0.15) is 54.5 Å². The standard InChI is InChI=1S/C24H25ClN2O5S/c1-12-20(13(2)32-27-12)21(28)19-7-6-18(33-19)14-8-15-9-16(30-22(15)17(25)10-14)11-26-23(29)31-24(3,4)5/h6-10,21,28H,11H2,1-5H3,(H,26,29). The molecule has 4 aromatic rings. The molecule has 0 aliphatic heterocycles. The van der Waals surface area contributed by atoms with Crippen LogP contribution in [0.15, 0.2) is 39.3 Å². The van der Waals surface area contributed by atoms with E-state index in [1.54, 1.807) is 27.7 Å². The highest BCUT2D eigenvalue weighted by molar-refractivity contribution is 7.15. The molecule has 1 aromatic carbocycles. The minimum atomic E-state index is -0.811. The third-order valence-corrected chi connectivity index (χ3v) is 6.44. The van der Waals surface area contributed by atoms with Crippen LogP contribution in [0.4, 0.5) is 4.79 Å². The normalized spacial score (nSPS) is 12.8. The molecule has 4 rings (SSSR count). The Labute approximate surface area is 200 Å². The van der Waals surface area contributed by atoms with E-state index in [9.17, 15) is 9.90 Å². The maximum absolute atomic E-state index is 11.9. The van der Waals surface area contributed by atoms with Gasteiger partial charge < -0.3 is 24.1 Å². The summed E-state index contributed by atoms with van der Waals surface area (Å²) in [7, 11) is 0. The number of amides is 1. The Bertz CT molecular complexity index is 1290. The molecule has 0 aliphatic rings. The number of thiophene rings is 1. The van der Waals surface area contributed by atoms with Gasteiger partial charge in [0.25, 0.3) is 0 Å². The number of hydrogen-bond acceptors (Lipinski definition) is 7. The number of carbonyl (C=O) groups excluding carboxylic acids is 1. The van der Waals surface area contributed by atoms with Crippen LogP contribution >= 0.6 is 22.9 Å². The fraction of sp³-hybridized carbons (Fsp3) is 0.333. The Kier molecular flexibility index (Phi) is 6.26. The van der Waals surface area contributed by atoms with Gasteiger partial charge in [0.15, 0.2) is 5.58 Å². The van der Waals surface area contributed by atoms with Crippen LogP contribution in [-0.4, -0.2) is 22.0 Å². The predicted molar refractivity (Wildman–Crippen MR) is 128 cm³/mol. The first-order valence-electron chi connectivity index (χ1n) is 10.4. The van der Waals surface area contributed by atoms with Gasteiger partial charge in [-0.25, -0.2) is 4.79 Å². The third-order valence-electron chi connectivity index (χ3n) is 4.97. The Balaban J connectivity index is 1.55. The number of aromatic nitrogens is 1. The maximum Gasteiger partial charge on any atom is 0.408 e. The van der Waals surface area contributed by atoms with Gasteiger partial charge in [-0.05, 0) is 70.5 Å². The Morgan fingerprint density at radius 2 is 2.03 bits per heavy atom. The summed E-state index contributed by atoms with van der Waals surface area (Å²) in [6.07, 6.45) is -1.33. The van der Waals surface area contributed by atoms with Crippen LogP contribution in [0, 0.1) is 13.8 Å². The molecule has 1 atom stereocenters. The second-order valence-corrected chi connectivity index (χ2v) is 10.3. The molecular formula is C24H25ClN2O5S. The molecule has 7 nitrogen and oxygen atoms in total. The molecule has 2 N–H and O–H groups in total. The van der Waals surface area contributed by atoms with Gasteiger partial charge in [0.1, 0.15) is 23.2 Å². The van der Waals surface area contributed by atoms with Crippen molar-refractivity contribution in [1.82, 2.24) is 10.5 Å². The van der Waals surface area contributed by atoms with E-state index in [0.29, 0.717) is 33.4 Å². The molecule has 0 aliphatic carbocycles. The van der Waals surface area contributed by atoms with Gasteiger partial charge in [-0.1, -0.05) is 16.8 Å². The summed E-state index contributed by atoms with van der Waals surface area (Å²) in [6, 6.07) is 9.48. The summed E-state index contributed by atoms with van der Waals surface area (Å²) < 4.78 is 16.3. The number of nitrogens with one attached hydrogen (secondary N) is 1. The molecule has 0 fully saturated rings. The lowest BCUT2D eigenvalue weighted by molar-refractivity contribution is 0.0520. The van der Waals surface area contributed by atoms with Crippen molar-refractivity contribution in [3.05, 3.63) is 63.0 Å². The van der Waals surface area contributed by atoms with Crippen LogP contribution in [0.3, 0.4) is 0 Å². The predicted octanol–water partition coefficient (Wildman–Crippen LogP) is 6.53. The maximum atomic E-state index is 11.9. The largest absolute Gasteiger partial charge is 0.458 e. The van der Waals surface area contributed by atoms with Gasteiger partial charge in [-0.2, -0.15) is 0 Å². The van der Waals surface area contributed by atoms with Crippen molar-refractivity contribution in [3.63, 3.8) is 0 Å². The zero-order chi connectivity index (χ0) is 23.9. The highest BCUT2D eigenvalue weighted by Crippen LogP contribution is 2.39. The summed E-state index contributed by atoms with van der Waals surface area (Å²) in [5.41, 5.74) is 2.24. The van der Waals surface area contributed by atoms with E-state index < -0.39 is 17.8 Å². The number of aliphatic hydroxyl groups is 1. The first-order chi connectivity index (χ1) is 15.5. The topological polar surface area (TPSA) is 97.7 Å². The molecule has 174 valence electrons. The van der Waals surface area contributed by atoms with Crippen molar-refractivity contribution in [1.29, 1.82) is 0 Å². The number of halogens is 1. The summed E-state index contributed by atoms with van der Waals surface area (Å²) >= 11 is 7.97. The summed E-state index contributed by atoms with van der Waals surface area (Å²) in [6.45, 7) is 9.19. The summed E-state index contributed by atoms with van der Waals surface area (Å²) in [4.78, 5) is 13.6. The van der Waals surface area contributed by atoms with E-state index in [2.05, 4.69) is 10.5 Å². The Morgan fingerprint density at radius 3 is 2.70 bits per heavy atom. The second-order valence-electron chi connectivity index (χ2n) is 8.79. The molecule has 3 aromatic heterocycles. The van der Waals surface area contributed by atoms with Gasteiger partial charge in [0, 0.05) is 15.1 Å². The van der Waals surface area contributed by atoms with E-state index in [-0.39, 0.29) is 6.54 Å². The summed E-state index contributed by atoms with van der Waals surface area (Å²) in [5, 5.41) is 18.7. The van der Waals surface area contributed by atoms with Crippen LogP contribution < -0.4 is 5.32 Å². The third kappa shape index (κ3) is 5.08. The fourth-order valence-electron chi connectivity index (χ4n) is 3.54. The SMILES string of the molecule is Cc1noc(C)c1C(O)c1ccc(-c2cc(Cl)c3oc(CNC(=O)OC(C)(C)C)cc3c2)s1. The van der Waals surface area contributed by atoms with Crippen LogP contribution in [-0.2, 0) is 11.3 Å². The van der Waals surface area contributed by atoms with Gasteiger partial charge in [-0.15, -0.1) is 11.3 Å². The average Bonchev–Trinajstić information content (AvgIpc) is 3.43. The first-order valence-corrected chi connectivity index (χ1v) is 11.6. The lowest BCUT2D eigenvalue weighted by Gasteiger charge is -2.19. The number of benzene rings is 1. The smallest absolute Gasteiger partial charge is 0.408 e. The zero-order valence-corrected chi connectivity index (χ0v) is 20.6. The van der Waals surface area contributed by atoms with Crippen molar-refractivity contribution in [2.45, 2.75) is 52.9 Å². The molecule has 0 saturated carbocycles. The number of furan rings is 1. The zero-order valence-electron chi connectivity index (χ0n) is 19.0. The number of aliphatic hydroxyl groups excluding tert-OH is 1. The Morgan fingerprint density at radius 1 is 1.27 bits per heavy atom. The lowest BCUT2D eigenvalue weighted by Crippen LogP contribution is -2.32. The van der Waals surface area contributed by atoms with Crippen LogP contribution in [0.2, 0.25) is 5.02 Å². The molecule has 1 amide bonds. The van der Waals surface area contributed by atoms with Crippen molar-refractivity contribution in [3.8, 4) is 10.4 Å². The average molecular weight is 489 g/mol. The number of nitrogens with zero attached hydrogens (tertiary/aromatic N) is 1. The highest BCUT2D eigenvalue weighted by Gasteiger charge is 2.22. The van der Waals surface area contributed by atoms with Crippen LogP contribution in [0.5, 0.6) is 0 Å². The van der Waals surface area contributed by atoms with Gasteiger partial charge in [-0.3, -0.25) is 0 Å². The Hall–Kier alpha value is -2.81. The first kappa shape index (κ1) is 23.4. The quantitative estimate of drug-likeness (QED) is 0.331. The molecule has 0 spiro atoms. The molecule has 0 bridgehead atoms. The fourth-order valence-corrected chi connectivity index (χ4v) is 4.80. The number of carbonyl (C=O) groups is 1. The highest BCUT2D eigenvalue weighted by atomic mass is 35.5. The molecule has 9 heteroatoms. The number of aryl methyl sites for hydroxylation is 2.